The van der Waals surface area contributed by atoms with E-state index in [1.165, 1.54) is 16.9 Å². The first-order chi connectivity index (χ1) is 11.6. The van der Waals surface area contributed by atoms with Crippen LogP contribution in [-0.4, -0.2) is 47.6 Å². The van der Waals surface area contributed by atoms with Crippen LogP contribution in [0, 0.1) is 3.95 Å². The number of hydrogen-bond donors (Lipinski definition) is 1. The minimum absolute atomic E-state index is 0.263. The topological polar surface area (TPSA) is 51.5 Å². The smallest absolute Gasteiger partial charge is 0.204 e. The second kappa shape index (κ2) is 8.06. The summed E-state index contributed by atoms with van der Waals surface area (Å²) in [5.74, 6) is 0.860. The number of benzene rings is 1. The molecule has 1 N–H and O–H groups in total. The van der Waals surface area contributed by atoms with Crippen molar-refractivity contribution in [1.29, 1.82) is 0 Å². The van der Waals surface area contributed by atoms with E-state index in [1.807, 2.05) is 28.9 Å². The van der Waals surface area contributed by atoms with Crippen LogP contribution in [0.4, 0.5) is 5.13 Å². The Morgan fingerprint density at radius 1 is 1.42 bits per heavy atom. The minimum atomic E-state index is 0.263. The molecule has 1 aromatic heterocycles. The second-order valence-electron chi connectivity index (χ2n) is 5.77. The molecule has 0 radical (unpaired) electrons. The van der Waals surface area contributed by atoms with E-state index in [9.17, 15) is 0 Å². The van der Waals surface area contributed by atoms with E-state index in [4.69, 9.17) is 21.7 Å². The quantitative estimate of drug-likeness (QED) is 0.793. The van der Waals surface area contributed by atoms with Crippen molar-refractivity contribution in [3.05, 3.63) is 33.8 Å². The lowest BCUT2D eigenvalue weighted by Gasteiger charge is -2.30. The molecule has 6 nitrogen and oxygen atoms in total. The molecule has 24 heavy (non-hydrogen) atoms. The van der Waals surface area contributed by atoms with E-state index in [0.717, 1.165) is 34.5 Å². The van der Waals surface area contributed by atoms with Gasteiger partial charge in [-0.3, -0.25) is 4.90 Å². The van der Waals surface area contributed by atoms with Gasteiger partial charge in [0.25, 0.3) is 0 Å². The van der Waals surface area contributed by atoms with E-state index in [-0.39, 0.29) is 6.10 Å². The maximum atomic E-state index is 5.57. The van der Waals surface area contributed by atoms with Gasteiger partial charge in [0.05, 0.1) is 26.5 Å². The third kappa shape index (κ3) is 4.54. The van der Waals surface area contributed by atoms with Crippen molar-refractivity contribution >= 4 is 28.7 Å². The molecular formula is C16H22N4O2S2. The van der Waals surface area contributed by atoms with Crippen LogP contribution in [0.2, 0.25) is 0 Å². The van der Waals surface area contributed by atoms with Crippen molar-refractivity contribution in [2.75, 3.05) is 32.1 Å². The van der Waals surface area contributed by atoms with Crippen LogP contribution in [0.25, 0.3) is 0 Å². The lowest BCUT2D eigenvalue weighted by Crippen LogP contribution is -2.42. The zero-order valence-corrected chi connectivity index (χ0v) is 15.5. The average Bonchev–Trinajstić information content (AvgIpc) is 2.93. The molecule has 130 valence electrons. The van der Waals surface area contributed by atoms with Crippen molar-refractivity contribution in [3.63, 3.8) is 0 Å². The van der Waals surface area contributed by atoms with Gasteiger partial charge in [0.15, 0.2) is 3.95 Å². The number of methoxy groups -OCH3 is 1. The van der Waals surface area contributed by atoms with Crippen molar-refractivity contribution in [2.24, 2.45) is 0 Å². The Bertz CT molecular complexity index is 714. The predicted molar refractivity (Wildman–Crippen MR) is 98.2 cm³/mol. The van der Waals surface area contributed by atoms with Gasteiger partial charge in [-0.25, -0.2) is 4.68 Å². The highest BCUT2D eigenvalue weighted by Crippen LogP contribution is 2.18. The molecule has 0 bridgehead atoms. The summed E-state index contributed by atoms with van der Waals surface area (Å²) < 4.78 is 13.4. The molecule has 2 aromatic rings. The molecule has 0 amide bonds. The fourth-order valence-corrected chi connectivity index (χ4v) is 3.59. The molecule has 8 heteroatoms. The lowest BCUT2D eigenvalue weighted by atomic mass is 10.2. The van der Waals surface area contributed by atoms with Crippen LogP contribution >= 0.6 is 23.6 Å². The Balaban J connectivity index is 1.58. The number of nitrogens with zero attached hydrogens (tertiary/aromatic N) is 3. The van der Waals surface area contributed by atoms with Crippen molar-refractivity contribution in [3.8, 4) is 5.75 Å². The molecule has 1 aliphatic rings. The highest BCUT2D eigenvalue weighted by Gasteiger charge is 2.17. The maximum Gasteiger partial charge on any atom is 0.204 e. The highest BCUT2D eigenvalue weighted by molar-refractivity contribution is 7.73. The third-order valence-corrected chi connectivity index (χ3v) is 5.13. The molecule has 0 spiro atoms. The number of aromatic nitrogens is 2. The summed E-state index contributed by atoms with van der Waals surface area (Å²) in [6.07, 6.45) is 0.263. The van der Waals surface area contributed by atoms with Gasteiger partial charge >= 0.3 is 0 Å². The third-order valence-electron chi connectivity index (χ3n) is 3.87. The average molecular weight is 367 g/mol. The molecule has 1 aromatic carbocycles. The molecule has 1 atom stereocenters. The van der Waals surface area contributed by atoms with Crippen LogP contribution in [0.1, 0.15) is 12.5 Å². The molecule has 1 unspecified atom stereocenters. The zero-order chi connectivity index (χ0) is 16.9. The highest BCUT2D eigenvalue weighted by atomic mass is 32.1. The van der Waals surface area contributed by atoms with Crippen molar-refractivity contribution < 1.29 is 9.47 Å². The Morgan fingerprint density at radius 3 is 2.92 bits per heavy atom. The van der Waals surface area contributed by atoms with Crippen molar-refractivity contribution in [2.45, 2.75) is 26.2 Å². The minimum Gasteiger partial charge on any atom is -0.497 e. The summed E-state index contributed by atoms with van der Waals surface area (Å²) in [6.45, 7) is 6.11. The summed E-state index contributed by atoms with van der Waals surface area (Å²) in [5, 5.41) is 8.78. The van der Waals surface area contributed by atoms with E-state index < -0.39 is 0 Å². The lowest BCUT2D eigenvalue weighted by molar-refractivity contribution is -0.0305. The van der Waals surface area contributed by atoms with Gasteiger partial charge in [-0.15, -0.1) is 5.10 Å². The Labute approximate surface area is 151 Å². The number of rotatable bonds is 6. The largest absolute Gasteiger partial charge is 0.497 e. The van der Waals surface area contributed by atoms with Crippen molar-refractivity contribution in [1.82, 2.24) is 14.7 Å². The van der Waals surface area contributed by atoms with E-state index in [1.54, 1.807) is 7.11 Å². The molecule has 3 rings (SSSR count). The molecule has 0 saturated carbocycles. The predicted octanol–water partition coefficient (Wildman–Crippen LogP) is 2.97. The van der Waals surface area contributed by atoms with Crippen LogP contribution in [-0.2, 0) is 18.0 Å². The Kier molecular flexibility index (Phi) is 5.83. The molecule has 1 aliphatic heterocycles. The zero-order valence-electron chi connectivity index (χ0n) is 13.9. The fraction of sp³-hybridized carbons (Fsp3) is 0.500. The van der Waals surface area contributed by atoms with Gasteiger partial charge in [0, 0.05) is 19.6 Å². The van der Waals surface area contributed by atoms with Crippen LogP contribution in [0.3, 0.4) is 0 Å². The standard InChI is InChI=1S/C16H22N4O2S2/c1-12-10-19(7-8-22-12)11-20-16(23)24-15(18-20)17-9-13-3-5-14(21-2)6-4-13/h3-6,12H,7-11H2,1-2H3,(H,17,18). The summed E-state index contributed by atoms with van der Waals surface area (Å²) in [4.78, 5) is 2.32. The molecular weight excluding hydrogens is 344 g/mol. The first-order valence-electron chi connectivity index (χ1n) is 7.93. The number of hydrogen-bond acceptors (Lipinski definition) is 7. The summed E-state index contributed by atoms with van der Waals surface area (Å²) in [6, 6.07) is 7.99. The number of morpholine rings is 1. The maximum absolute atomic E-state index is 5.57. The molecule has 1 saturated heterocycles. The van der Waals surface area contributed by atoms with E-state index in [2.05, 4.69) is 22.2 Å². The SMILES string of the molecule is COc1ccc(CNc2nn(CN3CCOC(C)C3)c(=S)s2)cc1. The van der Waals surface area contributed by atoms with Gasteiger partial charge in [-0.2, -0.15) is 0 Å². The molecule has 2 heterocycles. The van der Waals surface area contributed by atoms with E-state index in [0.29, 0.717) is 13.2 Å². The first-order valence-corrected chi connectivity index (χ1v) is 9.15. The van der Waals surface area contributed by atoms with E-state index >= 15 is 0 Å². The normalized spacial score (nSPS) is 18.5. The fourth-order valence-electron chi connectivity index (χ4n) is 2.60. The van der Waals surface area contributed by atoms with Gasteiger partial charge < -0.3 is 14.8 Å². The summed E-state index contributed by atoms with van der Waals surface area (Å²) in [7, 11) is 1.67. The molecule has 0 aliphatic carbocycles. The Morgan fingerprint density at radius 2 is 2.21 bits per heavy atom. The first kappa shape index (κ1) is 17.3. The van der Waals surface area contributed by atoms with Crippen LogP contribution in [0.5, 0.6) is 5.75 Å². The van der Waals surface area contributed by atoms with Gasteiger partial charge in [-0.1, -0.05) is 23.5 Å². The van der Waals surface area contributed by atoms with Gasteiger partial charge in [0.1, 0.15) is 5.75 Å². The second-order valence-corrected chi connectivity index (χ2v) is 7.40. The summed E-state index contributed by atoms with van der Waals surface area (Å²) in [5.41, 5.74) is 1.17. The van der Waals surface area contributed by atoms with Crippen LogP contribution in [0.15, 0.2) is 24.3 Å². The number of anilines is 1. The number of nitrogens with one attached hydrogen (secondary N) is 1. The van der Waals surface area contributed by atoms with Gasteiger partial charge in [0.2, 0.25) is 5.13 Å². The monoisotopic (exact) mass is 366 g/mol. The summed E-state index contributed by atoms with van der Waals surface area (Å²) >= 11 is 6.94. The molecule has 1 fully saturated rings. The van der Waals surface area contributed by atoms with Crippen LogP contribution < -0.4 is 10.1 Å². The van der Waals surface area contributed by atoms with Gasteiger partial charge in [-0.05, 0) is 36.8 Å². The Hall–Kier alpha value is -1.48. The number of ether oxygens (including phenoxy) is 2.